The average Bonchev–Trinajstić information content (AvgIpc) is 2.83. The van der Waals surface area contributed by atoms with Gasteiger partial charge in [0.05, 0.1) is 0 Å². The minimum absolute atomic E-state index is 0.259. The number of benzene rings is 1. The van der Waals surface area contributed by atoms with Gasteiger partial charge < -0.3 is 5.73 Å². The summed E-state index contributed by atoms with van der Waals surface area (Å²) in [6.45, 7) is 2.37. The Morgan fingerprint density at radius 1 is 1.06 bits per heavy atom. The second-order valence-electron chi connectivity index (χ2n) is 6.33. The second-order valence-corrected chi connectivity index (χ2v) is 6.33. The van der Waals surface area contributed by atoms with Gasteiger partial charge in [0, 0.05) is 6.04 Å². The van der Waals surface area contributed by atoms with E-state index in [0.717, 1.165) is 5.92 Å². The Labute approximate surface area is 111 Å². The smallest absolute Gasteiger partial charge is 0.0326 e. The molecule has 1 heteroatoms. The molecule has 0 aliphatic heterocycles. The van der Waals surface area contributed by atoms with Crippen LogP contribution in [0.25, 0.3) is 0 Å². The van der Waals surface area contributed by atoms with Gasteiger partial charge in [-0.2, -0.15) is 0 Å². The van der Waals surface area contributed by atoms with Gasteiger partial charge in [0.15, 0.2) is 0 Å². The van der Waals surface area contributed by atoms with Crippen LogP contribution in [0.5, 0.6) is 0 Å². The zero-order valence-electron chi connectivity index (χ0n) is 11.5. The topological polar surface area (TPSA) is 26.0 Å². The Balaban J connectivity index is 1.83. The Morgan fingerprint density at radius 2 is 1.83 bits per heavy atom. The minimum Gasteiger partial charge on any atom is -0.324 e. The van der Waals surface area contributed by atoms with Crippen LogP contribution in [0.15, 0.2) is 18.2 Å². The van der Waals surface area contributed by atoms with Crippen molar-refractivity contribution >= 4 is 0 Å². The van der Waals surface area contributed by atoms with E-state index in [1.54, 1.807) is 11.1 Å². The lowest BCUT2D eigenvalue weighted by Gasteiger charge is -2.25. The summed E-state index contributed by atoms with van der Waals surface area (Å²) < 4.78 is 0. The highest BCUT2D eigenvalue weighted by Gasteiger charge is 2.29. The molecular formula is C17H25N. The molecular weight excluding hydrogens is 218 g/mol. The maximum Gasteiger partial charge on any atom is 0.0326 e. The largest absolute Gasteiger partial charge is 0.324 e. The molecule has 2 aliphatic carbocycles. The zero-order chi connectivity index (χ0) is 12.5. The SMILES string of the molecule is CC1CCCC1C(N)c1ccc2c(c1)CCCC2. The first-order valence-electron chi connectivity index (χ1n) is 7.63. The molecule has 3 rings (SSSR count). The molecule has 98 valence electrons. The fourth-order valence-electron chi connectivity index (χ4n) is 3.92. The summed E-state index contributed by atoms with van der Waals surface area (Å²) in [7, 11) is 0. The summed E-state index contributed by atoms with van der Waals surface area (Å²) in [6, 6.07) is 7.29. The summed E-state index contributed by atoms with van der Waals surface area (Å²) >= 11 is 0. The van der Waals surface area contributed by atoms with E-state index in [1.165, 1.54) is 50.5 Å². The number of fused-ring (bicyclic) bond motifs is 1. The van der Waals surface area contributed by atoms with Gasteiger partial charge in [0.25, 0.3) is 0 Å². The molecule has 0 radical (unpaired) electrons. The number of rotatable bonds is 2. The highest BCUT2D eigenvalue weighted by Crippen LogP contribution is 2.39. The highest BCUT2D eigenvalue weighted by molar-refractivity contribution is 5.35. The fraction of sp³-hybridized carbons (Fsp3) is 0.647. The molecule has 0 bridgehead atoms. The van der Waals surface area contributed by atoms with Crippen LogP contribution in [0.1, 0.15) is 61.8 Å². The van der Waals surface area contributed by atoms with Gasteiger partial charge in [0.2, 0.25) is 0 Å². The van der Waals surface area contributed by atoms with Crippen molar-refractivity contribution in [2.75, 3.05) is 0 Å². The molecule has 1 aromatic carbocycles. The van der Waals surface area contributed by atoms with Crippen molar-refractivity contribution in [2.24, 2.45) is 17.6 Å². The lowest BCUT2D eigenvalue weighted by molar-refractivity contribution is 0.351. The van der Waals surface area contributed by atoms with Gasteiger partial charge in [-0.15, -0.1) is 0 Å². The van der Waals surface area contributed by atoms with Gasteiger partial charge in [0.1, 0.15) is 0 Å². The molecule has 3 atom stereocenters. The molecule has 1 aromatic rings. The standard InChI is InChI=1S/C17H25N/c1-12-5-4-8-16(12)17(18)15-10-9-13-6-2-3-7-14(13)11-15/h9-12,16-17H,2-8,18H2,1H3. The molecule has 1 saturated carbocycles. The fourth-order valence-corrected chi connectivity index (χ4v) is 3.92. The summed E-state index contributed by atoms with van der Waals surface area (Å²) in [5.74, 6) is 1.50. The maximum atomic E-state index is 6.52. The van der Waals surface area contributed by atoms with Gasteiger partial charge in [-0.05, 0) is 60.6 Å². The number of hydrogen-bond acceptors (Lipinski definition) is 1. The quantitative estimate of drug-likeness (QED) is 0.834. The third-order valence-corrected chi connectivity index (χ3v) is 5.15. The number of aryl methyl sites for hydroxylation is 2. The third-order valence-electron chi connectivity index (χ3n) is 5.15. The van der Waals surface area contributed by atoms with Crippen molar-refractivity contribution in [1.29, 1.82) is 0 Å². The second kappa shape index (κ2) is 5.05. The van der Waals surface area contributed by atoms with Crippen molar-refractivity contribution in [2.45, 2.75) is 57.9 Å². The van der Waals surface area contributed by atoms with Crippen molar-refractivity contribution in [1.82, 2.24) is 0 Å². The van der Waals surface area contributed by atoms with Crippen molar-refractivity contribution < 1.29 is 0 Å². The minimum atomic E-state index is 0.259. The van der Waals surface area contributed by atoms with Gasteiger partial charge in [-0.25, -0.2) is 0 Å². The lowest BCUT2D eigenvalue weighted by atomic mass is 9.83. The van der Waals surface area contributed by atoms with E-state index >= 15 is 0 Å². The molecule has 0 aromatic heterocycles. The number of hydrogen-bond donors (Lipinski definition) is 1. The molecule has 18 heavy (non-hydrogen) atoms. The van der Waals surface area contributed by atoms with Crippen LogP contribution >= 0.6 is 0 Å². The Kier molecular flexibility index (Phi) is 3.43. The first-order chi connectivity index (χ1) is 8.75. The van der Waals surface area contributed by atoms with E-state index in [2.05, 4.69) is 25.1 Å². The van der Waals surface area contributed by atoms with E-state index in [9.17, 15) is 0 Å². The van der Waals surface area contributed by atoms with Gasteiger partial charge in [-0.1, -0.05) is 38.0 Å². The summed E-state index contributed by atoms with van der Waals surface area (Å²) in [6.07, 6.45) is 9.29. The molecule has 1 fully saturated rings. The van der Waals surface area contributed by atoms with Crippen LogP contribution < -0.4 is 5.73 Å². The van der Waals surface area contributed by atoms with E-state index in [0.29, 0.717) is 5.92 Å². The van der Waals surface area contributed by atoms with Crippen molar-refractivity contribution in [3.05, 3.63) is 34.9 Å². The highest BCUT2D eigenvalue weighted by atomic mass is 14.7. The summed E-state index contributed by atoms with van der Waals surface area (Å²) in [5.41, 5.74) is 11.0. The Hall–Kier alpha value is -0.820. The summed E-state index contributed by atoms with van der Waals surface area (Å²) in [5, 5.41) is 0. The maximum absolute atomic E-state index is 6.52. The molecule has 2 aliphatic rings. The predicted molar refractivity (Wildman–Crippen MR) is 76.5 cm³/mol. The van der Waals surface area contributed by atoms with Crippen LogP contribution in [0.3, 0.4) is 0 Å². The van der Waals surface area contributed by atoms with Crippen LogP contribution in [0.4, 0.5) is 0 Å². The van der Waals surface area contributed by atoms with Crippen LogP contribution in [-0.2, 0) is 12.8 Å². The third kappa shape index (κ3) is 2.21. The van der Waals surface area contributed by atoms with Crippen LogP contribution in [0, 0.1) is 11.8 Å². The first-order valence-corrected chi connectivity index (χ1v) is 7.63. The Morgan fingerprint density at radius 3 is 2.56 bits per heavy atom. The summed E-state index contributed by atoms with van der Waals surface area (Å²) in [4.78, 5) is 0. The average molecular weight is 243 g/mol. The van der Waals surface area contributed by atoms with Gasteiger partial charge >= 0.3 is 0 Å². The molecule has 0 heterocycles. The number of nitrogens with two attached hydrogens (primary N) is 1. The molecule has 2 N–H and O–H groups in total. The van der Waals surface area contributed by atoms with E-state index in [-0.39, 0.29) is 6.04 Å². The van der Waals surface area contributed by atoms with Gasteiger partial charge in [-0.3, -0.25) is 0 Å². The van der Waals surface area contributed by atoms with Crippen LogP contribution in [0.2, 0.25) is 0 Å². The van der Waals surface area contributed by atoms with E-state index < -0.39 is 0 Å². The van der Waals surface area contributed by atoms with Crippen molar-refractivity contribution in [3.63, 3.8) is 0 Å². The van der Waals surface area contributed by atoms with Crippen LogP contribution in [-0.4, -0.2) is 0 Å². The normalized spacial score (nSPS) is 29.0. The van der Waals surface area contributed by atoms with E-state index in [1.807, 2.05) is 0 Å². The molecule has 0 spiro atoms. The lowest BCUT2D eigenvalue weighted by Crippen LogP contribution is -2.23. The monoisotopic (exact) mass is 243 g/mol. The first kappa shape index (κ1) is 12.2. The zero-order valence-corrected chi connectivity index (χ0v) is 11.5. The van der Waals surface area contributed by atoms with E-state index in [4.69, 9.17) is 5.73 Å². The molecule has 1 nitrogen and oxygen atoms in total. The molecule has 3 unspecified atom stereocenters. The molecule has 0 saturated heterocycles. The predicted octanol–water partition coefficient (Wildman–Crippen LogP) is 4.00. The Bertz CT molecular complexity index is 424. The van der Waals surface area contributed by atoms with Crippen molar-refractivity contribution in [3.8, 4) is 0 Å². The molecule has 0 amide bonds.